The third kappa shape index (κ3) is 6.07. The van der Waals surface area contributed by atoms with Gasteiger partial charge in [0.2, 0.25) is 0 Å². The van der Waals surface area contributed by atoms with E-state index in [1.807, 2.05) is 11.9 Å². The second kappa shape index (κ2) is 6.40. The molecule has 3 N–H and O–H groups in total. The van der Waals surface area contributed by atoms with Crippen LogP contribution in [0.2, 0.25) is 0 Å². The summed E-state index contributed by atoms with van der Waals surface area (Å²) in [4.78, 5) is 21.2. The summed E-state index contributed by atoms with van der Waals surface area (Å²) in [5, 5.41) is 18.8. The summed E-state index contributed by atoms with van der Waals surface area (Å²) in [6, 6.07) is -0.339. The quantitative estimate of drug-likeness (QED) is 0.593. The highest BCUT2D eigenvalue weighted by atomic mass is 19.4. The molecule has 1 atom stereocenters. The first-order chi connectivity index (χ1) is 7.66. The van der Waals surface area contributed by atoms with Gasteiger partial charge in [0.15, 0.2) is 0 Å². The molecule has 0 aromatic carbocycles. The molecule has 0 aliphatic carbocycles. The van der Waals surface area contributed by atoms with Crippen LogP contribution >= 0.6 is 0 Å². The fourth-order valence-electron chi connectivity index (χ4n) is 1.08. The maximum absolute atomic E-state index is 10.6. The van der Waals surface area contributed by atoms with Crippen molar-refractivity contribution in [3.8, 4) is 0 Å². The number of piperazine rings is 1. The number of carboxylic acid groups (broad SMARTS) is 2. The predicted molar refractivity (Wildman–Crippen MR) is 50.6 cm³/mol. The summed E-state index contributed by atoms with van der Waals surface area (Å²) in [6.45, 7) is 2.27. The zero-order valence-corrected chi connectivity index (χ0v) is 8.99. The third-order valence-electron chi connectivity index (χ3n) is 2.04. The molecule has 17 heavy (non-hydrogen) atoms. The van der Waals surface area contributed by atoms with Crippen molar-refractivity contribution in [2.75, 3.05) is 26.7 Å². The number of carboxylic acids is 2. The fourth-order valence-corrected chi connectivity index (χ4v) is 1.08. The predicted octanol–water partition coefficient (Wildman–Crippen LogP) is -0.392. The van der Waals surface area contributed by atoms with E-state index in [1.54, 1.807) is 0 Å². The molecular weight excluding hydrogens is 245 g/mol. The van der Waals surface area contributed by atoms with Crippen LogP contribution in [0.3, 0.4) is 0 Å². The largest absolute Gasteiger partial charge is 0.490 e. The molecule has 9 heteroatoms. The summed E-state index contributed by atoms with van der Waals surface area (Å²) in [6.07, 6.45) is -5.08. The SMILES string of the molecule is CN1CCNCC1C(=O)O.O=C(O)C(F)(F)F. The average molecular weight is 258 g/mol. The number of nitrogens with zero attached hydrogens (tertiary/aromatic N) is 1. The van der Waals surface area contributed by atoms with Gasteiger partial charge < -0.3 is 15.5 Å². The molecule has 100 valence electrons. The molecule has 1 fully saturated rings. The standard InChI is InChI=1S/C6H12N2O2.C2HF3O2/c1-8-3-2-7-4-5(8)6(9)10;3-2(4,5)1(6)7/h5,7H,2-4H2,1H3,(H,9,10);(H,6,7). The van der Waals surface area contributed by atoms with Crippen LogP contribution in [0.5, 0.6) is 0 Å². The average Bonchev–Trinajstić information content (AvgIpc) is 2.17. The molecule has 0 amide bonds. The van der Waals surface area contributed by atoms with Crippen LogP contribution in [-0.2, 0) is 9.59 Å². The number of aliphatic carboxylic acids is 2. The second-order valence-corrected chi connectivity index (χ2v) is 3.34. The number of nitrogens with one attached hydrogen (secondary N) is 1. The topological polar surface area (TPSA) is 89.9 Å². The van der Waals surface area contributed by atoms with Gasteiger partial charge in [0, 0.05) is 19.6 Å². The lowest BCUT2D eigenvalue weighted by atomic mass is 10.2. The molecule has 1 unspecified atom stereocenters. The molecule has 1 saturated heterocycles. The Bertz CT molecular complexity index is 282. The minimum absolute atomic E-state index is 0.339. The summed E-state index contributed by atoms with van der Waals surface area (Å²) in [7, 11) is 1.83. The summed E-state index contributed by atoms with van der Waals surface area (Å²) < 4.78 is 31.7. The lowest BCUT2D eigenvalue weighted by molar-refractivity contribution is -0.192. The highest BCUT2D eigenvalue weighted by molar-refractivity contribution is 5.74. The van der Waals surface area contributed by atoms with Gasteiger partial charge in [-0.25, -0.2) is 4.79 Å². The third-order valence-corrected chi connectivity index (χ3v) is 2.04. The van der Waals surface area contributed by atoms with Gasteiger partial charge in [-0.3, -0.25) is 9.69 Å². The van der Waals surface area contributed by atoms with Crippen molar-refractivity contribution in [3.05, 3.63) is 0 Å². The number of carbonyl (C=O) groups is 2. The molecule has 1 heterocycles. The van der Waals surface area contributed by atoms with Gasteiger partial charge in [-0.15, -0.1) is 0 Å². The molecule has 0 aromatic heterocycles. The van der Waals surface area contributed by atoms with Crippen LogP contribution in [0, 0.1) is 0 Å². The van der Waals surface area contributed by atoms with Crippen molar-refractivity contribution >= 4 is 11.9 Å². The molecule has 1 aliphatic rings. The van der Waals surface area contributed by atoms with Crippen molar-refractivity contribution in [1.82, 2.24) is 10.2 Å². The summed E-state index contributed by atoms with van der Waals surface area (Å²) >= 11 is 0. The molecule has 0 radical (unpaired) electrons. The van der Waals surface area contributed by atoms with Crippen molar-refractivity contribution in [1.29, 1.82) is 0 Å². The van der Waals surface area contributed by atoms with E-state index in [1.165, 1.54) is 0 Å². The van der Waals surface area contributed by atoms with Crippen LogP contribution in [-0.4, -0.2) is 66.0 Å². The lowest BCUT2D eigenvalue weighted by Crippen LogP contribution is -2.52. The maximum Gasteiger partial charge on any atom is 0.490 e. The smallest absolute Gasteiger partial charge is 0.480 e. The Morgan fingerprint density at radius 2 is 1.82 bits per heavy atom. The van der Waals surface area contributed by atoms with E-state index in [0.29, 0.717) is 6.54 Å². The Hall–Kier alpha value is -1.35. The van der Waals surface area contributed by atoms with Crippen molar-refractivity contribution in [2.45, 2.75) is 12.2 Å². The number of hydrogen-bond acceptors (Lipinski definition) is 4. The van der Waals surface area contributed by atoms with Crippen LogP contribution in [0.25, 0.3) is 0 Å². The van der Waals surface area contributed by atoms with Crippen LogP contribution in [0.1, 0.15) is 0 Å². The molecule has 1 aliphatic heterocycles. The fraction of sp³-hybridized carbons (Fsp3) is 0.750. The van der Waals surface area contributed by atoms with Gasteiger partial charge in [-0.2, -0.15) is 13.2 Å². The van der Waals surface area contributed by atoms with E-state index in [9.17, 15) is 18.0 Å². The van der Waals surface area contributed by atoms with E-state index in [4.69, 9.17) is 15.0 Å². The molecule has 0 bridgehead atoms. The number of rotatable bonds is 1. The Morgan fingerprint density at radius 1 is 1.35 bits per heavy atom. The normalized spacial score (nSPS) is 21.3. The number of likely N-dealkylation sites (N-methyl/N-ethyl adjacent to an activating group) is 1. The van der Waals surface area contributed by atoms with Gasteiger partial charge in [0.25, 0.3) is 0 Å². The molecule has 0 saturated carbocycles. The number of halogens is 3. The molecule has 0 aromatic rings. The Morgan fingerprint density at radius 3 is 2.06 bits per heavy atom. The minimum atomic E-state index is -5.08. The van der Waals surface area contributed by atoms with Gasteiger partial charge in [-0.1, -0.05) is 0 Å². The van der Waals surface area contributed by atoms with Gasteiger partial charge in [0.1, 0.15) is 6.04 Å². The zero-order chi connectivity index (χ0) is 13.6. The Balaban J connectivity index is 0.000000325. The Labute approximate surface area is 95.0 Å². The van der Waals surface area contributed by atoms with E-state index in [0.717, 1.165) is 13.1 Å². The minimum Gasteiger partial charge on any atom is -0.480 e. The van der Waals surface area contributed by atoms with Crippen LogP contribution in [0.15, 0.2) is 0 Å². The number of hydrogen-bond donors (Lipinski definition) is 3. The van der Waals surface area contributed by atoms with Crippen molar-refractivity contribution in [2.24, 2.45) is 0 Å². The van der Waals surface area contributed by atoms with E-state index >= 15 is 0 Å². The summed E-state index contributed by atoms with van der Waals surface area (Å²) in [5.41, 5.74) is 0. The van der Waals surface area contributed by atoms with E-state index < -0.39 is 18.1 Å². The van der Waals surface area contributed by atoms with Gasteiger partial charge >= 0.3 is 18.1 Å². The molecule has 6 nitrogen and oxygen atoms in total. The molecule has 0 spiro atoms. The van der Waals surface area contributed by atoms with Crippen molar-refractivity contribution < 1.29 is 33.0 Å². The van der Waals surface area contributed by atoms with E-state index in [2.05, 4.69) is 5.32 Å². The summed E-state index contributed by atoms with van der Waals surface area (Å²) in [5.74, 6) is -3.50. The maximum atomic E-state index is 10.6. The number of alkyl halides is 3. The second-order valence-electron chi connectivity index (χ2n) is 3.34. The molecular formula is C8H13F3N2O4. The highest BCUT2D eigenvalue weighted by Crippen LogP contribution is 2.13. The highest BCUT2D eigenvalue weighted by Gasteiger charge is 2.38. The van der Waals surface area contributed by atoms with Crippen LogP contribution < -0.4 is 5.32 Å². The van der Waals surface area contributed by atoms with Gasteiger partial charge in [0.05, 0.1) is 0 Å². The monoisotopic (exact) mass is 258 g/mol. The van der Waals surface area contributed by atoms with Crippen molar-refractivity contribution in [3.63, 3.8) is 0 Å². The zero-order valence-electron chi connectivity index (χ0n) is 8.99. The Kier molecular flexibility index (Phi) is 5.89. The first-order valence-corrected chi connectivity index (χ1v) is 4.60. The van der Waals surface area contributed by atoms with Crippen LogP contribution in [0.4, 0.5) is 13.2 Å². The first kappa shape index (κ1) is 15.7. The lowest BCUT2D eigenvalue weighted by Gasteiger charge is -2.29. The van der Waals surface area contributed by atoms with E-state index in [-0.39, 0.29) is 6.04 Å². The first-order valence-electron chi connectivity index (χ1n) is 4.60. The molecule has 1 rings (SSSR count). The van der Waals surface area contributed by atoms with Gasteiger partial charge in [-0.05, 0) is 7.05 Å².